The van der Waals surface area contributed by atoms with Crippen LogP contribution in [0.4, 0.5) is 4.79 Å². The molecule has 1 atom stereocenters. The molecule has 0 aromatic carbocycles. The highest BCUT2D eigenvalue weighted by Gasteiger charge is 2.27. The summed E-state index contributed by atoms with van der Waals surface area (Å²) >= 11 is 0. The molecule has 0 saturated carbocycles. The topological polar surface area (TPSA) is 44.8 Å². The molecule has 2 aliphatic rings. The van der Waals surface area contributed by atoms with Gasteiger partial charge in [0.05, 0.1) is 6.61 Å². The van der Waals surface area contributed by atoms with E-state index in [0.717, 1.165) is 39.3 Å². The highest BCUT2D eigenvalue weighted by atomic mass is 16.6. The van der Waals surface area contributed by atoms with E-state index >= 15 is 0 Å². The Kier molecular flexibility index (Phi) is 4.01. The van der Waals surface area contributed by atoms with Gasteiger partial charge >= 0.3 is 6.09 Å². The van der Waals surface area contributed by atoms with Gasteiger partial charge in [0.2, 0.25) is 0 Å². The molecule has 2 fully saturated rings. The molecule has 5 heteroatoms. The predicted molar refractivity (Wildman–Crippen MR) is 61.4 cm³/mol. The van der Waals surface area contributed by atoms with Crippen molar-refractivity contribution < 1.29 is 9.53 Å². The van der Waals surface area contributed by atoms with E-state index in [9.17, 15) is 4.79 Å². The lowest BCUT2D eigenvalue weighted by Crippen LogP contribution is -2.52. The van der Waals surface area contributed by atoms with Crippen molar-refractivity contribution in [2.45, 2.75) is 19.4 Å². The van der Waals surface area contributed by atoms with E-state index in [1.165, 1.54) is 6.42 Å². The Balaban J connectivity index is 1.75. The average molecular weight is 227 g/mol. The fourth-order valence-electron chi connectivity index (χ4n) is 2.44. The number of carbonyl (C=O) groups excluding carboxylic acids is 1. The standard InChI is InChI=1S/C11H21N3O2/c1-2-16-11(15)14-7-5-13(6-8-14)10-3-4-12-9-10/h10,12H,2-9H2,1H3. The quantitative estimate of drug-likeness (QED) is 0.728. The van der Waals surface area contributed by atoms with Crippen LogP contribution in [0.3, 0.4) is 0 Å². The largest absolute Gasteiger partial charge is 0.450 e. The molecular weight excluding hydrogens is 206 g/mol. The smallest absolute Gasteiger partial charge is 0.409 e. The van der Waals surface area contributed by atoms with Crippen LogP contribution in [0.2, 0.25) is 0 Å². The van der Waals surface area contributed by atoms with Gasteiger partial charge in [-0.15, -0.1) is 0 Å². The Morgan fingerprint density at radius 2 is 2.12 bits per heavy atom. The van der Waals surface area contributed by atoms with Crippen molar-refractivity contribution in [3.8, 4) is 0 Å². The number of nitrogens with zero attached hydrogens (tertiary/aromatic N) is 2. The molecule has 0 aliphatic carbocycles. The van der Waals surface area contributed by atoms with E-state index in [4.69, 9.17) is 4.74 Å². The van der Waals surface area contributed by atoms with Gasteiger partial charge in [0.15, 0.2) is 0 Å². The summed E-state index contributed by atoms with van der Waals surface area (Å²) < 4.78 is 5.00. The summed E-state index contributed by atoms with van der Waals surface area (Å²) in [5.74, 6) is 0. The fourth-order valence-corrected chi connectivity index (χ4v) is 2.44. The van der Waals surface area contributed by atoms with Crippen molar-refractivity contribution >= 4 is 6.09 Å². The Morgan fingerprint density at radius 1 is 1.38 bits per heavy atom. The van der Waals surface area contributed by atoms with E-state index in [2.05, 4.69) is 10.2 Å². The van der Waals surface area contributed by atoms with E-state index < -0.39 is 0 Å². The molecule has 0 aromatic heterocycles. The summed E-state index contributed by atoms with van der Waals surface area (Å²) in [5, 5.41) is 3.38. The van der Waals surface area contributed by atoms with Gasteiger partial charge in [-0.1, -0.05) is 0 Å². The SMILES string of the molecule is CCOC(=O)N1CCN(C2CCNC2)CC1. The first-order valence-electron chi connectivity index (χ1n) is 6.17. The van der Waals surface area contributed by atoms with Crippen LogP contribution < -0.4 is 5.32 Å². The zero-order valence-electron chi connectivity index (χ0n) is 9.95. The predicted octanol–water partition coefficient (Wildman–Crippen LogP) is 0.122. The Bertz CT molecular complexity index is 233. The zero-order valence-corrected chi connectivity index (χ0v) is 9.95. The van der Waals surface area contributed by atoms with Crippen molar-refractivity contribution in [2.75, 3.05) is 45.9 Å². The van der Waals surface area contributed by atoms with E-state index in [0.29, 0.717) is 12.6 Å². The Hall–Kier alpha value is -0.810. The van der Waals surface area contributed by atoms with Crippen molar-refractivity contribution in [1.82, 2.24) is 15.1 Å². The number of hydrogen-bond donors (Lipinski definition) is 1. The maximum atomic E-state index is 11.5. The molecule has 2 saturated heterocycles. The molecule has 1 amide bonds. The molecule has 92 valence electrons. The van der Waals surface area contributed by atoms with Gasteiger partial charge in [0.1, 0.15) is 0 Å². The maximum absolute atomic E-state index is 11.5. The van der Waals surface area contributed by atoms with Crippen molar-refractivity contribution in [2.24, 2.45) is 0 Å². The normalized spacial score (nSPS) is 27.1. The Morgan fingerprint density at radius 3 is 2.69 bits per heavy atom. The molecule has 5 nitrogen and oxygen atoms in total. The molecule has 0 bridgehead atoms. The second kappa shape index (κ2) is 5.50. The third-order valence-corrected chi connectivity index (χ3v) is 3.39. The molecular formula is C11H21N3O2. The molecule has 1 N–H and O–H groups in total. The highest BCUT2D eigenvalue weighted by molar-refractivity contribution is 5.67. The van der Waals surface area contributed by atoms with E-state index in [-0.39, 0.29) is 6.09 Å². The monoisotopic (exact) mass is 227 g/mol. The number of ether oxygens (including phenoxy) is 1. The van der Waals surface area contributed by atoms with Crippen molar-refractivity contribution in [1.29, 1.82) is 0 Å². The van der Waals surface area contributed by atoms with Gasteiger partial charge in [-0.2, -0.15) is 0 Å². The third-order valence-electron chi connectivity index (χ3n) is 3.39. The summed E-state index contributed by atoms with van der Waals surface area (Å²) in [6.07, 6.45) is 1.08. The second-order valence-electron chi connectivity index (χ2n) is 4.37. The number of piperazine rings is 1. The van der Waals surface area contributed by atoms with Crippen LogP contribution in [0.15, 0.2) is 0 Å². The van der Waals surface area contributed by atoms with Crippen LogP contribution in [-0.2, 0) is 4.74 Å². The second-order valence-corrected chi connectivity index (χ2v) is 4.37. The zero-order chi connectivity index (χ0) is 11.4. The van der Waals surface area contributed by atoms with Crippen LogP contribution in [0, 0.1) is 0 Å². The van der Waals surface area contributed by atoms with Crippen molar-refractivity contribution in [3.63, 3.8) is 0 Å². The van der Waals surface area contributed by atoms with Crippen LogP contribution >= 0.6 is 0 Å². The lowest BCUT2D eigenvalue weighted by atomic mass is 10.2. The summed E-state index contributed by atoms with van der Waals surface area (Å²) in [6, 6.07) is 0.671. The molecule has 0 radical (unpaired) electrons. The summed E-state index contributed by atoms with van der Waals surface area (Å²) in [7, 11) is 0. The van der Waals surface area contributed by atoms with Crippen LogP contribution in [-0.4, -0.2) is 67.8 Å². The number of rotatable bonds is 2. The van der Waals surface area contributed by atoms with Gasteiger partial charge in [0.25, 0.3) is 0 Å². The number of amides is 1. The number of hydrogen-bond acceptors (Lipinski definition) is 4. The first-order chi connectivity index (χ1) is 7.81. The number of carbonyl (C=O) groups is 1. The van der Waals surface area contributed by atoms with Crippen LogP contribution in [0.5, 0.6) is 0 Å². The van der Waals surface area contributed by atoms with E-state index in [1.54, 1.807) is 0 Å². The molecule has 16 heavy (non-hydrogen) atoms. The maximum Gasteiger partial charge on any atom is 0.409 e. The lowest BCUT2D eigenvalue weighted by Gasteiger charge is -2.37. The van der Waals surface area contributed by atoms with Gasteiger partial charge in [-0.25, -0.2) is 4.79 Å². The third kappa shape index (κ3) is 2.65. The minimum Gasteiger partial charge on any atom is -0.450 e. The van der Waals surface area contributed by atoms with Gasteiger partial charge in [-0.3, -0.25) is 4.90 Å². The van der Waals surface area contributed by atoms with Gasteiger partial charge in [0, 0.05) is 38.8 Å². The number of nitrogens with one attached hydrogen (secondary N) is 1. The van der Waals surface area contributed by atoms with E-state index in [1.807, 2.05) is 11.8 Å². The van der Waals surface area contributed by atoms with Gasteiger partial charge in [-0.05, 0) is 19.9 Å². The molecule has 2 aliphatic heterocycles. The van der Waals surface area contributed by atoms with Gasteiger partial charge < -0.3 is 15.0 Å². The first kappa shape index (κ1) is 11.7. The highest BCUT2D eigenvalue weighted by Crippen LogP contribution is 2.12. The minimum atomic E-state index is -0.160. The summed E-state index contributed by atoms with van der Waals surface area (Å²) in [5.41, 5.74) is 0. The first-order valence-corrected chi connectivity index (χ1v) is 6.17. The molecule has 0 spiro atoms. The van der Waals surface area contributed by atoms with Crippen molar-refractivity contribution in [3.05, 3.63) is 0 Å². The fraction of sp³-hybridized carbons (Fsp3) is 0.909. The molecule has 1 unspecified atom stereocenters. The van der Waals surface area contributed by atoms with Crippen LogP contribution in [0.1, 0.15) is 13.3 Å². The summed E-state index contributed by atoms with van der Waals surface area (Å²) in [4.78, 5) is 15.8. The molecule has 0 aromatic rings. The van der Waals surface area contributed by atoms with Crippen LogP contribution in [0.25, 0.3) is 0 Å². The lowest BCUT2D eigenvalue weighted by molar-refractivity contribution is 0.0689. The molecule has 2 heterocycles. The Labute approximate surface area is 96.7 Å². The average Bonchev–Trinajstić information content (AvgIpc) is 2.83. The summed E-state index contributed by atoms with van der Waals surface area (Å²) in [6.45, 7) is 8.09. The molecule has 2 rings (SSSR count). The minimum absolute atomic E-state index is 0.160.